The first kappa shape index (κ1) is 13.5. The smallest absolute Gasteiger partial charge is 0.174 e. The van der Waals surface area contributed by atoms with Crippen LogP contribution in [-0.4, -0.2) is 59.6 Å². The van der Waals surface area contributed by atoms with Crippen molar-refractivity contribution in [3.63, 3.8) is 0 Å². The molecule has 0 radical (unpaired) electrons. The summed E-state index contributed by atoms with van der Waals surface area (Å²) in [5, 5.41) is 22.1. The standard InChI is InChI=1S/C8H15NO4S.ClH/c1-12-8-5-7(14-3-9-5)6(11)4(2-10)13-8;/h4-11H,2-3H2,1H3;1H/t4-,5-,6-,7+,8-;/m1./s1. The van der Waals surface area contributed by atoms with Crippen molar-refractivity contribution in [2.75, 3.05) is 19.6 Å². The molecular formula is C8H16ClNO4S. The number of methoxy groups -OCH3 is 1. The number of hydrogen-bond donors (Lipinski definition) is 3. The quantitative estimate of drug-likeness (QED) is 0.600. The van der Waals surface area contributed by atoms with E-state index in [2.05, 4.69) is 5.32 Å². The molecule has 0 aromatic heterocycles. The van der Waals surface area contributed by atoms with E-state index in [1.807, 2.05) is 0 Å². The third-order valence-corrected chi connectivity index (χ3v) is 3.97. The Morgan fingerprint density at radius 1 is 1.60 bits per heavy atom. The van der Waals surface area contributed by atoms with E-state index in [9.17, 15) is 5.11 Å². The number of aliphatic hydroxyl groups is 2. The maximum Gasteiger partial charge on any atom is 0.174 e. The number of nitrogens with one attached hydrogen (secondary N) is 1. The largest absolute Gasteiger partial charge is 0.394 e. The molecule has 3 N–H and O–H groups in total. The highest BCUT2D eigenvalue weighted by Gasteiger charge is 2.47. The van der Waals surface area contributed by atoms with Gasteiger partial charge in [0.25, 0.3) is 0 Å². The molecule has 2 fully saturated rings. The van der Waals surface area contributed by atoms with Crippen LogP contribution in [0.3, 0.4) is 0 Å². The minimum absolute atomic E-state index is 0. The summed E-state index contributed by atoms with van der Waals surface area (Å²) < 4.78 is 10.6. The molecule has 90 valence electrons. The van der Waals surface area contributed by atoms with Gasteiger partial charge in [-0.3, -0.25) is 5.32 Å². The summed E-state index contributed by atoms with van der Waals surface area (Å²) in [6, 6.07) is 0.0165. The average molecular weight is 258 g/mol. The lowest BCUT2D eigenvalue weighted by atomic mass is 10.0. The summed E-state index contributed by atoms with van der Waals surface area (Å²) in [4.78, 5) is 0. The number of ether oxygens (including phenoxy) is 2. The zero-order valence-electron chi connectivity index (χ0n) is 8.33. The van der Waals surface area contributed by atoms with Gasteiger partial charge in [0.2, 0.25) is 0 Å². The SMILES string of the molecule is CO[C@@H]1O[C@H](CO)[C@@H](O)[C@H]2SCN[C@@H]12.Cl. The van der Waals surface area contributed by atoms with Gasteiger partial charge in [-0.2, -0.15) is 0 Å². The Morgan fingerprint density at radius 2 is 2.33 bits per heavy atom. The first-order valence-corrected chi connectivity index (χ1v) is 5.65. The van der Waals surface area contributed by atoms with Gasteiger partial charge < -0.3 is 19.7 Å². The predicted molar refractivity (Wildman–Crippen MR) is 59.2 cm³/mol. The van der Waals surface area contributed by atoms with Crippen molar-refractivity contribution in [3.05, 3.63) is 0 Å². The van der Waals surface area contributed by atoms with Crippen molar-refractivity contribution >= 4 is 24.2 Å². The number of halogens is 1. The minimum Gasteiger partial charge on any atom is -0.394 e. The van der Waals surface area contributed by atoms with Crippen LogP contribution in [0.1, 0.15) is 0 Å². The summed E-state index contributed by atoms with van der Waals surface area (Å²) in [7, 11) is 1.57. The zero-order chi connectivity index (χ0) is 10.1. The molecule has 2 aliphatic rings. The van der Waals surface area contributed by atoms with E-state index in [0.29, 0.717) is 0 Å². The fraction of sp³-hybridized carbons (Fsp3) is 1.00. The molecule has 0 amide bonds. The average Bonchev–Trinajstić information content (AvgIpc) is 2.68. The van der Waals surface area contributed by atoms with E-state index in [1.54, 1.807) is 18.9 Å². The minimum atomic E-state index is -0.628. The lowest BCUT2D eigenvalue weighted by molar-refractivity contribution is -0.227. The molecule has 7 heteroatoms. The van der Waals surface area contributed by atoms with Crippen molar-refractivity contribution in [3.8, 4) is 0 Å². The molecule has 2 heterocycles. The van der Waals surface area contributed by atoms with Crippen molar-refractivity contribution in [1.29, 1.82) is 0 Å². The van der Waals surface area contributed by atoms with Gasteiger partial charge in [-0.15, -0.1) is 24.2 Å². The van der Waals surface area contributed by atoms with Crippen LogP contribution < -0.4 is 5.32 Å². The molecule has 5 atom stereocenters. The summed E-state index contributed by atoms with van der Waals surface area (Å²) in [5.41, 5.74) is 0. The molecule has 0 aromatic carbocycles. The van der Waals surface area contributed by atoms with Crippen LogP contribution in [-0.2, 0) is 9.47 Å². The highest BCUT2D eigenvalue weighted by Crippen LogP contribution is 2.33. The van der Waals surface area contributed by atoms with Gasteiger partial charge >= 0.3 is 0 Å². The Bertz CT molecular complexity index is 211. The van der Waals surface area contributed by atoms with E-state index in [-0.39, 0.29) is 36.6 Å². The van der Waals surface area contributed by atoms with E-state index in [0.717, 1.165) is 5.88 Å². The van der Waals surface area contributed by atoms with Crippen LogP contribution in [0, 0.1) is 0 Å². The molecule has 0 saturated carbocycles. The van der Waals surface area contributed by atoms with Crippen LogP contribution in [0.5, 0.6) is 0 Å². The van der Waals surface area contributed by atoms with E-state index in [1.165, 1.54) is 0 Å². The molecule has 0 bridgehead atoms. The van der Waals surface area contributed by atoms with Crippen LogP contribution in [0.2, 0.25) is 0 Å². The molecule has 0 aliphatic carbocycles. The Balaban J connectivity index is 0.00000112. The highest BCUT2D eigenvalue weighted by molar-refractivity contribution is 8.00. The number of fused-ring (bicyclic) bond motifs is 1. The van der Waals surface area contributed by atoms with Crippen molar-refractivity contribution in [2.45, 2.75) is 29.8 Å². The molecule has 2 aliphatic heterocycles. The third-order valence-electron chi connectivity index (χ3n) is 2.68. The van der Waals surface area contributed by atoms with E-state index in [4.69, 9.17) is 14.6 Å². The lowest BCUT2D eigenvalue weighted by Crippen LogP contribution is -2.59. The highest BCUT2D eigenvalue weighted by atomic mass is 35.5. The van der Waals surface area contributed by atoms with Crippen LogP contribution in [0.15, 0.2) is 0 Å². The molecule has 0 unspecified atom stereocenters. The molecular weight excluding hydrogens is 242 g/mol. The van der Waals surface area contributed by atoms with Crippen molar-refractivity contribution < 1.29 is 19.7 Å². The number of hydrogen-bond acceptors (Lipinski definition) is 6. The Kier molecular flexibility index (Phi) is 5.11. The second-order valence-electron chi connectivity index (χ2n) is 3.46. The molecule has 0 spiro atoms. The summed E-state index contributed by atoms with van der Waals surface area (Å²) >= 11 is 1.64. The summed E-state index contributed by atoms with van der Waals surface area (Å²) in [6.07, 6.45) is -1.54. The van der Waals surface area contributed by atoms with Gasteiger partial charge in [0.05, 0.1) is 24.0 Å². The number of rotatable bonds is 2. The van der Waals surface area contributed by atoms with Gasteiger partial charge in [0, 0.05) is 13.0 Å². The van der Waals surface area contributed by atoms with Gasteiger partial charge in [-0.05, 0) is 0 Å². The van der Waals surface area contributed by atoms with Crippen LogP contribution >= 0.6 is 24.2 Å². The molecule has 0 aromatic rings. The normalized spacial score (nSPS) is 44.6. The topological polar surface area (TPSA) is 71.0 Å². The third kappa shape index (κ3) is 2.41. The fourth-order valence-corrected chi connectivity index (χ4v) is 3.21. The Labute approximate surface area is 98.9 Å². The lowest BCUT2D eigenvalue weighted by Gasteiger charge is -2.39. The number of thioether (sulfide) groups is 1. The molecule has 2 rings (SSSR count). The summed E-state index contributed by atoms with van der Waals surface area (Å²) in [6.45, 7) is -0.176. The van der Waals surface area contributed by atoms with Gasteiger partial charge in [0.15, 0.2) is 6.29 Å². The first-order valence-electron chi connectivity index (χ1n) is 4.60. The van der Waals surface area contributed by atoms with Crippen molar-refractivity contribution in [2.24, 2.45) is 0 Å². The molecule has 15 heavy (non-hydrogen) atoms. The van der Waals surface area contributed by atoms with Gasteiger partial charge in [-0.25, -0.2) is 0 Å². The monoisotopic (exact) mass is 257 g/mol. The van der Waals surface area contributed by atoms with E-state index < -0.39 is 12.2 Å². The Morgan fingerprint density at radius 3 is 2.93 bits per heavy atom. The zero-order valence-corrected chi connectivity index (χ0v) is 9.96. The molecule has 2 saturated heterocycles. The molecule has 5 nitrogen and oxygen atoms in total. The van der Waals surface area contributed by atoms with Crippen LogP contribution in [0.25, 0.3) is 0 Å². The maximum atomic E-state index is 9.85. The second kappa shape index (κ2) is 5.67. The van der Waals surface area contributed by atoms with Gasteiger partial charge in [0.1, 0.15) is 6.10 Å². The van der Waals surface area contributed by atoms with Crippen molar-refractivity contribution in [1.82, 2.24) is 5.32 Å². The first-order chi connectivity index (χ1) is 6.77. The fourth-order valence-electron chi connectivity index (χ4n) is 1.92. The second-order valence-corrected chi connectivity index (χ2v) is 4.62. The Hall–Kier alpha value is 0.440. The summed E-state index contributed by atoms with van der Waals surface area (Å²) in [5.74, 6) is 0.785. The predicted octanol–water partition coefficient (Wildman–Crippen LogP) is -0.836. The number of aliphatic hydroxyl groups excluding tert-OH is 2. The maximum absolute atomic E-state index is 9.85. The van der Waals surface area contributed by atoms with E-state index >= 15 is 0 Å². The van der Waals surface area contributed by atoms with Gasteiger partial charge in [-0.1, -0.05) is 0 Å². The van der Waals surface area contributed by atoms with Crippen LogP contribution in [0.4, 0.5) is 0 Å².